The highest BCUT2D eigenvalue weighted by atomic mass is 16.2. The van der Waals surface area contributed by atoms with E-state index in [2.05, 4.69) is 15.3 Å². The summed E-state index contributed by atoms with van der Waals surface area (Å²) in [5.41, 5.74) is 2.18. The number of piperazine rings is 1. The average Bonchev–Trinajstić information content (AvgIpc) is 2.64. The van der Waals surface area contributed by atoms with Crippen LogP contribution >= 0.6 is 0 Å². The van der Waals surface area contributed by atoms with Gasteiger partial charge in [0.15, 0.2) is 0 Å². The molecule has 1 aromatic carbocycles. The molecule has 7 heteroatoms. The number of hydrogen-bond donors (Lipinski definition) is 1. The van der Waals surface area contributed by atoms with E-state index in [1.165, 1.54) is 0 Å². The number of amides is 2. The van der Waals surface area contributed by atoms with Crippen LogP contribution in [0.2, 0.25) is 0 Å². The molecule has 0 saturated carbocycles. The van der Waals surface area contributed by atoms with Gasteiger partial charge in [0, 0.05) is 38.1 Å². The summed E-state index contributed by atoms with van der Waals surface area (Å²) >= 11 is 0. The van der Waals surface area contributed by atoms with Crippen molar-refractivity contribution in [3.8, 4) is 0 Å². The quantitative estimate of drug-likeness (QED) is 0.858. The van der Waals surface area contributed by atoms with Crippen LogP contribution in [-0.2, 0) is 4.79 Å². The molecule has 2 aromatic rings. The molecule has 0 aliphatic carbocycles. The van der Waals surface area contributed by atoms with Gasteiger partial charge in [0.1, 0.15) is 5.69 Å². The van der Waals surface area contributed by atoms with Gasteiger partial charge in [0.25, 0.3) is 5.91 Å². The number of nitrogens with zero attached hydrogens (tertiary/aromatic N) is 4. The van der Waals surface area contributed by atoms with E-state index < -0.39 is 0 Å². The molecule has 0 spiro atoms. The van der Waals surface area contributed by atoms with Crippen molar-refractivity contribution >= 4 is 24.0 Å². The molecule has 24 heavy (non-hydrogen) atoms. The minimum Gasteiger partial charge on any atom is -0.342 e. The second-order valence-corrected chi connectivity index (χ2v) is 5.69. The maximum absolute atomic E-state index is 12.4. The molecular formula is C17H19N5O2. The van der Waals surface area contributed by atoms with Crippen LogP contribution in [0.1, 0.15) is 16.1 Å². The maximum Gasteiger partial charge on any atom is 0.274 e. The molecular weight excluding hydrogens is 306 g/mol. The van der Waals surface area contributed by atoms with Crippen molar-refractivity contribution in [3.05, 3.63) is 47.8 Å². The summed E-state index contributed by atoms with van der Waals surface area (Å²) in [6.45, 7) is 4.56. The Kier molecular flexibility index (Phi) is 4.69. The lowest BCUT2D eigenvalue weighted by molar-refractivity contribution is -0.118. The van der Waals surface area contributed by atoms with Gasteiger partial charge in [-0.3, -0.25) is 9.59 Å². The number of rotatable bonds is 4. The van der Waals surface area contributed by atoms with Gasteiger partial charge in [-0.05, 0) is 25.1 Å². The summed E-state index contributed by atoms with van der Waals surface area (Å²) in [4.78, 5) is 35.4. The van der Waals surface area contributed by atoms with E-state index in [0.29, 0.717) is 37.8 Å². The monoisotopic (exact) mass is 325 g/mol. The zero-order valence-corrected chi connectivity index (χ0v) is 13.5. The number of benzene rings is 1. The van der Waals surface area contributed by atoms with E-state index >= 15 is 0 Å². The lowest BCUT2D eigenvalue weighted by atomic mass is 10.2. The average molecular weight is 325 g/mol. The lowest BCUT2D eigenvalue weighted by Gasteiger charge is -2.32. The Morgan fingerprint density at radius 3 is 2.50 bits per heavy atom. The summed E-state index contributed by atoms with van der Waals surface area (Å²) in [6, 6.07) is 9.18. The van der Waals surface area contributed by atoms with Crippen LogP contribution in [0.15, 0.2) is 36.5 Å². The standard InChI is InChI=1S/C17H19N5O2/c1-13-2-4-14(5-3-13)19-16(24)15-6-7-18-17(20-15)22-10-8-21(12-23)9-11-22/h2-7,12H,8-11H2,1H3,(H,19,24). The predicted octanol–water partition coefficient (Wildman–Crippen LogP) is 1.32. The van der Waals surface area contributed by atoms with Crippen molar-refractivity contribution in [2.75, 3.05) is 36.4 Å². The smallest absolute Gasteiger partial charge is 0.274 e. The summed E-state index contributed by atoms with van der Waals surface area (Å²) in [5, 5.41) is 2.83. The second-order valence-electron chi connectivity index (χ2n) is 5.69. The molecule has 0 radical (unpaired) electrons. The van der Waals surface area contributed by atoms with Crippen LogP contribution in [0.5, 0.6) is 0 Å². The molecule has 2 heterocycles. The fourth-order valence-electron chi connectivity index (χ4n) is 2.49. The Labute approximate surface area is 140 Å². The van der Waals surface area contributed by atoms with E-state index in [9.17, 15) is 9.59 Å². The first-order valence-corrected chi connectivity index (χ1v) is 7.81. The number of nitrogens with one attached hydrogen (secondary N) is 1. The van der Waals surface area contributed by atoms with E-state index in [1.54, 1.807) is 17.2 Å². The zero-order chi connectivity index (χ0) is 16.9. The first-order valence-electron chi connectivity index (χ1n) is 7.81. The Morgan fingerprint density at radius 2 is 1.83 bits per heavy atom. The van der Waals surface area contributed by atoms with Crippen molar-refractivity contribution in [2.45, 2.75) is 6.92 Å². The van der Waals surface area contributed by atoms with E-state index in [0.717, 1.165) is 17.7 Å². The highest BCUT2D eigenvalue weighted by molar-refractivity contribution is 6.02. The highest BCUT2D eigenvalue weighted by Gasteiger charge is 2.19. The van der Waals surface area contributed by atoms with Gasteiger partial charge < -0.3 is 15.1 Å². The molecule has 1 aromatic heterocycles. The lowest BCUT2D eigenvalue weighted by Crippen LogP contribution is -2.46. The van der Waals surface area contributed by atoms with Crippen LogP contribution in [-0.4, -0.2) is 53.4 Å². The largest absolute Gasteiger partial charge is 0.342 e. The summed E-state index contributed by atoms with van der Waals surface area (Å²) in [6.07, 6.45) is 2.43. The van der Waals surface area contributed by atoms with Crippen LogP contribution < -0.4 is 10.2 Å². The minimum absolute atomic E-state index is 0.269. The molecule has 1 aliphatic rings. The Hall–Kier alpha value is -2.96. The van der Waals surface area contributed by atoms with Crippen molar-refractivity contribution in [3.63, 3.8) is 0 Å². The fourth-order valence-corrected chi connectivity index (χ4v) is 2.49. The van der Waals surface area contributed by atoms with E-state index in [-0.39, 0.29) is 5.91 Å². The number of carbonyl (C=O) groups excluding carboxylic acids is 2. The third-order valence-electron chi connectivity index (χ3n) is 3.93. The minimum atomic E-state index is -0.269. The Morgan fingerprint density at radius 1 is 1.12 bits per heavy atom. The second kappa shape index (κ2) is 7.08. The SMILES string of the molecule is Cc1ccc(NC(=O)c2ccnc(N3CCN(C=O)CC3)n2)cc1. The van der Waals surface area contributed by atoms with Crippen molar-refractivity contribution in [1.82, 2.24) is 14.9 Å². The number of hydrogen-bond acceptors (Lipinski definition) is 5. The maximum atomic E-state index is 12.4. The van der Waals surface area contributed by atoms with Crippen LogP contribution in [0.3, 0.4) is 0 Å². The van der Waals surface area contributed by atoms with Gasteiger partial charge in [-0.1, -0.05) is 17.7 Å². The van der Waals surface area contributed by atoms with Gasteiger partial charge in [-0.2, -0.15) is 0 Å². The molecule has 1 aliphatic heterocycles. The van der Waals surface area contributed by atoms with Gasteiger partial charge in [0.05, 0.1) is 0 Å². The van der Waals surface area contributed by atoms with Gasteiger partial charge >= 0.3 is 0 Å². The molecule has 2 amide bonds. The van der Waals surface area contributed by atoms with Gasteiger partial charge in [0.2, 0.25) is 12.4 Å². The summed E-state index contributed by atoms with van der Waals surface area (Å²) in [7, 11) is 0. The van der Waals surface area contributed by atoms with E-state index in [1.807, 2.05) is 36.1 Å². The molecule has 1 saturated heterocycles. The normalized spacial score (nSPS) is 14.4. The Bertz CT molecular complexity index is 724. The van der Waals surface area contributed by atoms with Crippen molar-refractivity contribution in [1.29, 1.82) is 0 Å². The fraction of sp³-hybridized carbons (Fsp3) is 0.294. The third kappa shape index (κ3) is 3.68. The highest BCUT2D eigenvalue weighted by Crippen LogP contribution is 2.13. The molecule has 124 valence electrons. The molecule has 7 nitrogen and oxygen atoms in total. The summed E-state index contributed by atoms with van der Waals surface area (Å²) in [5.74, 6) is 0.242. The zero-order valence-electron chi connectivity index (χ0n) is 13.5. The van der Waals surface area contributed by atoms with Crippen molar-refractivity contribution < 1.29 is 9.59 Å². The molecule has 0 unspecified atom stereocenters. The first kappa shape index (κ1) is 15.9. The number of anilines is 2. The first-order chi connectivity index (χ1) is 11.7. The molecule has 0 atom stereocenters. The molecule has 1 fully saturated rings. The predicted molar refractivity (Wildman–Crippen MR) is 91.0 cm³/mol. The van der Waals surface area contributed by atoms with Crippen molar-refractivity contribution in [2.24, 2.45) is 0 Å². The van der Waals surface area contributed by atoms with Crippen LogP contribution in [0.25, 0.3) is 0 Å². The van der Waals surface area contributed by atoms with Gasteiger partial charge in [-0.25, -0.2) is 9.97 Å². The molecule has 1 N–H and O–H groups in total. The molecule has 0 bridgehead atoms. The number of aromatic nitrogens is 2. The Balaban J connectivity index is 1.69. The number of carbonyl (C=O) groups is 2. The molecule has 3 rings (SSSR count). The van der Waals surface area contributed by atoms with Gasteiger partial charge in [-0.15, -0.1) is 0 Å². The third-order valence-corrected chi connectivity index (χ3v) is 3.93. The van der Waals surface area contributed by atoms with E-state index in [4.69, 9.17) is 0 Å². The summed E-state index contributed by atoms with van der Waals surface area (Å²) < 4.78 is 0. The van der Waals surface area contributed by atoms with Crippen LogP contribution in [0, 0.1) is 6.92 Å². The number of aryl methyl sites for hydroxylation is 1. The van der Waals surface area contributed by atoms with Crippen LogP contribution in [0.4, 0.5) is 11.6 Å². The topological polar surface area (TPSA) is 78.4 Å².